The Balaban J connectivity index is 1.87. The molecule has 2 aromatic carbocycles. The van der Waals surface area contributed by atoms with Crippen molar-refractivity contribution in [2.24, 2.45) is 4.99 Å². The number of benzene rings is 2. The standard InChI is InChI=1S/C23H23N3Si/c1-17-22-15-24-23(19-9-5-4-6-10-19)20-14-18(8-7-13-27(2)3)11-12-21(20)26(22)16-25-17/h4-6,9-12,14,16,27H,13,15H2,1-3H3. The quantitative estimate of drug-likeness (QED) is 0.487. The summed E-state index contributed by atoms with van der Waals surface area (Å²) in [6.45, 7) is 7.33. The van der Waals surface area contributed by atoms with E-state index in [0.717, 1.165) is 45.5 Å². The Labute approximate surface area is 162 Å². The molecular formula is C23H23N3Si. The van der Waals surface area contributed by atoms with Gasteiger partial charge in [0, 0.05) is 31.5 Å². The maximum atomic E-state index is 4.97. The van der Waals surface area contributed by atoms with Crippen LogP contribution in [0.5, 0.6) is 0 Å². The van der Waals surface area contributed by atoms with E-state index in [1.807, 2.05) is 19.3 Å². The number of rotatable bonds is 2. The van der Waals surface area contributed by atoms with Gasteiger partial charge >= 0.3 is 0 Å². The second-order valence-corrected chi connectivity index (χ2v) is 10.5. The van der Waals surface area contributed by atoms with Crippen molar-refractivity contribution in [1.82, 2.24) is 9.55 Å². The molecule has 0 unspecified atom stereocenters. The van der Waals surface area contributed by atoms with Gasteiger partial charge in [0.05, 0.1) is 35.7 Å². The zero-order valence-electron chi connectivity index (χ0n) is 16.0. The smallest absolute Gasteiger partial charge is 0.0998 e. The summed E-state index contributed by atoms with van der Waals surface area (Å²) in [5.74, 6) is 6.71. The van der Waals surface area contributed by atoms with E-state index in [9.17, 15) is 0 Å². The Bertz CT molecular complexity index is 1070. The number of aromatic nitrogens is 2. The number of imidazole rings is 1. The van der Waals surface area contributed by atoms with Crippen LogP contribution in [-0.4, -0.2) is 24.1 Å². The van der Waals surface area contributed by atoms with Crippen molar-refractivity contribution in [2.75, 3.05) is 0 Å². The van der Waals surface area contributed by atoms with E-state index in [2.05, 4.69) is 77.0 Å². The van der Waals surface area contributed by atoms with Gasteiger partial charge in [-0.1, -0.05) is 49.3 Å². The highest BCUT2D eigenvalue weighted by molar-refractivity contribution is 6.56. The van der Waals surface area contributed by atoms with Crippen LogP contribution in [0.15, 0.2) is 59.9 Å². The van der Waals surface area contributed by atoms with Gasteiger partial charge < -0.3 is 4.57 Å². The first kappa shape index (κ1) is 17.5. The molecule has 0 spiro atoms. The van der Waals surface area contributed by atoms with Crippen LogP contribution in [0.2, 0.25) is 19.1 Å². The van der Waals surface area contributed by atoms with Crippen molar-refractivity contribution in [2.45, 2.75) is 32.6 Å². The highest BCUT2D eigenvalue weighted by Gasteiger charge is 2.20. The molecule has 3 nitrogen and oxygen atoms in total. The molecule has 134 valence electrons. The molecule has 0 aliphatic carbocycles. The summed E-state index contributed by atoms with van der Waals surface area (Å²) in [4.78, 5) is 9.47. The fourth-order valence-corrected chi connectivity index (χ4v) is 3.82. The Morgan fingerprint density at radius 1 is 1.11 bits per heavy atom. The molecule has 0 radical (unpaired) electrons. The van der Waals surface area contributed by atoms with Gasteiger partial charge in [0.2, 0.25) is 0 Å². The molecule has 0 fully saturated rings. The van der Waals surface area contributed by atoms with Crippen LogP contribution < -0.4 is 0 Å². The molecule has 4 heteroatoms. The minimum Gasteiger partial charge on any atom is -0.300 e. The second kappa shape index (κ2) is 7.38. The second-order valence-electron chi connectivity index (χ2n) is 7.31. The van der Waals surface area contributed by atoms with Crippen LogP contribution in [0.3, 0.4) is 0 Å². The number of hydrogen-bond donors (Lipinski definition) is 0. The van der Waals surface area contributed by atoms with Gasteiger partial charge in [0.1, 0.15) is 0 Å². The number of aryl methyl sites for hydroxylation is 1. The van der Waals surface area contributed by atoms with Gasteiger partial charge in [-0.15, -0.1) is 5.92 Å². The Hall–Kier alpha value is -2.90. The van der Waals surface area contributed by atoms with Crippen molar-refractivity contribution in [3.8, 4) is 17.5 Å². The van der Waals surface area contributed by atoms with Gasteiger partial charge in [-0.3, -0.25) is 4.99 Å². The minimum absolute atomic E-state index is 0.630. The molecule has 1 aliphatic rings. The number of hydrogen-bond acceptors (Lipinski definition) is 2. The summed E-state index contributed by atoms with van der Waals surface area (Å²) in [5.41, 5.74) is 7.62. The topological polar surface area (TPSA) is 30.2 Å². The number of fused-ring (bicyclic) bond motifs is 3. The predicted molar refractivity (Wildman–Crippen MR) is 115 cm³/mol. The molecule has 0 amide bonds. The molecule has 2 heterocycles. The molecular weight excluding hydrogens is 346 g/mol. The summed E-state index contributed by atoms with van der Waals surface area (Å²) in [7, 11) is -0.656. The van der Waals surface area contributed by atoms with Crippen LogP contribution in [0, 0.1) is 18.8 Å². The van der Waals surface area contributed by atoms with Crippen molar-refractivity contribution >= 4 is 14.5 Å². The third kappa shape index (κ3) is 3.51. The van der Waals surface area contributed by atoms with E-state index < -0.39 is 8.80 Å². The zero-order chi connectivity index (χ0) is 18.8. The Morgan fingerprint density at radius 2 is 1.93 bits per heavy atom. The first-order chi connectivity index (χ1) is 13.1. The average Bonchev–Trinajstić information content (AvgIpc) is 2.94. The van der Waals surface area contributed by atoms with Gasteiger partial charge in [0.25, 0.3) is 0 Å². The van der Waals surface area contributed by atoms with E-state index in [4.69, 9.17) is 4.99 Å². The summed E-state index contributed by atoms with van der Waals surface area (Å²) < 4.78 is 2.17. The van der Waals surface area contributed by atoms with E-state index in [-0.39, 0.29) is 0 Å². The lowest BCUT2D eigenvalue weighted by molar-refractivity contribution is 0.914. The van der Waals surface area contributed by atoms with Gasteiger partial charge in [-0.25, -0.2) is 4.98 Å². The SMILES string of the molecule is Cc1ncn2c1CN=C(c1ccccc1)c1cc(C#CC[SiH](C)C)ccc1-2. The third-order valence-corrected chi connectivity index (χ3v) is 5.78. The van der Waals surface area contributed by atoms with Crippen LogP contribution in [0.25, 0.3) is 5.69 Å². The molecule has 0 N–H and O–H groups in total. The van der Waals surface area contributed by atoms with Crippen LogP contribution in [-0.2, 0) is 6.54 Å². The van der Waals surface area contributed by atoms with Crippen molar-refractivity contribution < 1.29 is 0 Å². The summed E-state index contributed by atoms with van der Waals surface area (Å²) in [6, 6.07) is 17.9. The molecule has 4 rings (SSSR count). The summed E-state index contributed by atoms with van der Waals surface area (Å²) in [5, 5.41) is 0. The molecule has 27 heavy (non-hydrogen) atoms. The monoisotopic (exact) mass is 369 g/mol. The molecule has 3 aromatic rings. The maximum absolute atomic E-state index is 4.97. The van der Waals surface area contributed by atoms with E-state index in [1.54, 1.807) is 0 Å². The Morgan fingerprint density at radius 3 is 2.70 bits per heavy atom. The zero-order valence-corrected chi connectivity index (χ0v) is 17.2. The van der Waals surface area contributed by atoms with E-state index in [1.165, 1.54) is 0 Å². The average molecular weight is 370 g/mol. The van der Waals surface area contributed by atoms with Crippen molar-refractivity contribution in [3.05, 3.63) is 82.9 Å². The fourth-order valence-electron chi connectivity index (χ4n) is 3.31. The molecule has 0 bridgehead atoms. The van der Waals surface area contributed by atoms with Gasteiger partial charge in [0.15, 0.2) is 0 Å². The lowest BCUT2D eigenvalue weighted by Crippen LogP contribution is -2.07. The molecule has 1 aromatic heterocycles. The number of nitrogens with zero attached hydrogens (tertiary/aromatic N) is 3. The van der Waals surface area contributed by atoms with E-state index in [0.29, 0.717) is 6.54 Å². The molecule has 0 saturated carbocycles. The van der Waals surface area contributed by atoms with Crippen molar-refractivity contribution in [1.29, 1.82) is 0 Å². The maximum Gasteiger partial charge on any atom is 0.0998 e. The van der Waals surface area contributed by atoms with Crippen LogP contribution >= 0.6 is 0 Å². The molecule has 0 atom stereocenters. The van der Waals surface area contributed by atoms with Crippen LogP contribution in [0.4, 0.5) is 0 Å². The summed E-state index contributed by atoms with van der Waals surface area (Å²) >= 11 is 0. The largest absolute Gasteiger partial charge is 0.300 e. The number of aliphatic imine (C=N–C) groups is 1. The fraction of sp³-hybridized carbons (Fsp3) is 0.217. The van der Waals surface area contributed by atoms with E-state index >= 15 is 0 Å². The first-order valence-corrected chi connectivity index (χ1v) is 12.5. The molecule has 1 aliphatic heterocycles. The predicted octanol–water partition coefficient (Wildman–Crippen LogP) is 4.37. The lowest BCUT2D eigenvalue weighted by Gasteiger charge is -2.12. The normalized spacial score (nSPS) is 12.5. The lowest BCUT2D eigenvalue weighted by atomic mass is 9.98. The highest BCUT2D eigenvalue weighted by atomic mass is 28.3. The van der Waals surface area contributed by atoms with Gasteiger partial charge in [-0.2, -0.15) is 0 Å². The third-order valence-electron chi connectivity index (χ3n) is 4.76. The Kier molecular flexibility index (Phi) is 4.78. The van der Waals surface area contributed by atoms with Crippen LogP contribution in [0.1, 0.15) is 28.1 Å². The first-order valence-electron chi connectivity index (χ1n) is 9.40. The van der Waals surface area contributed by atoms with Crippen molar-refractivity contribution in [3.63, 3.8) is 0 Å². The highest BCUT2D eigenvalue weighted by Crippen LogP contribution is 2.27. The molecule has 0 saturated heterocycles. The van der Waals surface area contributed by atoms with Gasteiger partial charge in [-0.05, 0) is 25.1 Å². The minimum atomic E-state index is -0.656. The summed E-state index contributed by atoms with van der Waals surface area (Å²) in [6.07, 6.45) is 1.91.